The van der Waals surface area contributed by atoms with Crippen molar-refractivity contribution in [3.05, 3.63) is 70.8 Å². The van der Waals surface area contributed by atoms with Gasteiger partial charge in [0.2, 0.25) is 0 Å². The summed E-state index contributed by atoms with van der Waals surface area (Å²) < 4.78 is 14.4. The minimum absolute atomic E-state index is 0.00537. The number of ketones is 1. The molecule has 0 saturated heterocycles. The number of benzene rings is 2. The summed E-state index contributed by atoms with van der Waals surface area (Å²) in [5.74, 6) is -2.85. The Bertz CT molecular complexity index is 999. The summed E-state index contributed by atoms with van der Waals surface area (Å²) >= 11 is 0. The van der Waals surface area contributed by atoms with Crippen molar-refractivity contribution in [3.63, 3.8) is 0 Å². The fourth-order valence-corrected chi connectivity index (χ4v) is 2.29. The summed E-state index contributed by atoms with van der Waals surface area (Å²) in [7, 11) is 24.1. The molecule has 11 heteroatoms. The van der Waals surface area contributed by atoms with E-state index in [2.05, 4.69) is 4.74 Å². The van der Waals surface area contributed by atoms with Crippen LogP contribution in [0, 0.1) is 0 Å². The maximum atomic E-state index is 12.3. The molecular formula is C20H14B4O7. The van der Waals surface area contributed by atoms with Crippen LogP contribution < -0.4 is 0 Å². The number of Topliss-reactive ketones (excluding diaryl/α,β-unsaturated/α-hetero) is 1. The van der Waals surface area contributed by atoms with E-state index >= 15 is 0 Å². The Balaban J connectivity index is 2.11. The summed E-state index contributed by atoms with van der Waals surface area (Å²) in [5.41, 5.74) is 0.547. The van der Waals surface area contributed by atoms with Crippen LogP contribution in [-0.4, -0.2) is 73.0 Å². The smallest absolute Gasteiger partial charge is 0.337 e. The minimum atomic E-state index is -2.62. The Morgan fingerprint density at radius 3 is 1.19 bits per heavy atom. The van der Waals surface area contributed by atoms with E-state index in [-0.39, 0.29) is 22.5 Å². The second-order valence-corrected chi connectivity index (χ2v) is 6.57. The van der Waals surface area contributed by atoms with Crippen molar-refractivity contribution in [1.82, 2.24) is 0 Å². The number of carbonyl (C=O) groups is 4. The van der Waals surface area contributed by atoms with Gasteiger partial charge in [0.05, 0.1) is 34.6 Å². The van der Waals surface area contributed by atoms with Crippen molar-refractivity contribution in [3.8, 4) is 0 Å². The predicted molar refractivity (Wildman–Crippen MR) is 114 cm³/mol. The second kappa shape index (κ2) is 9.29. The first kappa shape index (κ1) is 24.1. The van der Waals surface area contributed by atoms with E-state index in [1.807, 2.05) is 0 Å². The molecule has 0 atom stereocenters. The molecule has 0 amide bonds. The van der Waals surface area contributed by atoms with Gasteiger partial charge in [-0.25, -0.2) is 14.4 Å². The average Bonchev–Trinajstić information content (AvgIpc) is 2.72. The molecule has 0 spiro atoms. The van der Waals surface area contributed by atoms with Gasteiger partial charge in [0, 0.05) is 5.56 Å². The van der Waals surface area contributed by atoms with Crippen LogP contribution >= 0.6 is 0 Å². The Morgan fingerprint density at radius 2 is 0.903 bits per heavy atom. The molecule has 0 N–H and O–H groups in total. The lowest BCUT2D eigenvalue weighted by atomic mass is 9.42. The van der Waals surface area contributed by atoms with Crippen LogP contribution in [0.3, 0.4) is 0 Å². The van der Waals surface area contributed by atoms with Crippen LogP contribution in [0.5, 0.6) is 0 Å². The van der Waals surface area contributed by atoms with Gasteiger partial charge in [0.25, 0.3) is 0 Å². The average molecular weight is 410 g/mol. The topological polar surface area (TPSA) is 96.0 Å². The van der Waals surface area contributed by atoms with Gasteiger partial charge in [-0.2, -0.15) is 0 Å². The van der Waals surface area contributed by atoms with Crippen LogP contribution in [0.1, 0.15) is 48.4 Å². The zero-order valence-electron chi connectivity index (χ0n) is 16.8. The van der Waals surface area contributed by atoms with Crippen LogP contribution in [-0.2, 0) is 14.2 Å². The molecule has 148 valence electrons. The molecule has 0 aliphatic heterocycles. The highest BCUT2D eigenvalue weighted by Crippen LogP contribution is 2.22. The molecule has 0 bridgehead atoms. The summed E-state index contributed by atoms with van der Waals surface area (Å²) in [4.78, 5) is 47.4. The van der Waals surface area contributed by atoms with E-state index in [1.165, 1.54) is 62.6 Å². The van der Waals surface area contributed by atoms with Crippen LogP contribution in [0.4, 0.5) is 0 Å². The molecule has 0 aliphatic carbocycles. The molecule has 8 radical (unpaired) electrons. The number of rotatable bonds is 7. The standard InChI is InChI=1S/C20H14B4O7/c1-11(25)12-3-5-14(6-4-12)17(27)30-19(21,22)20(23,24)31-18(28)15-9-7-13(8-10-15)16(26)29-2/h3-10H,1-2H3. The molecule has 2 rings (SSSR count). The monoisotopic (exact) mass is 410 g/mol. The van der Waals surface area contributed by atoms with Gasteiger partial charge in [-0.1, -0.05) is 12.1 Å². The van der Waals surface area contributed by atoms with Gasteiger partial charge in [-0.05, 0) is 43.3 Å². The van der Waals surface area contributed by atoms with E-state index in [9.17, 15) is 19.2 Å². The highest BCUT2D eigenvalue weighted by molar-refractivity contribution is 6.54. The van der Waals surface area contributed by atoms with Gasteiger partial charge in [0.15, 0.2) is 5.78 Å². The quantitative estimate of drug-likeness (QED) is 0.287. The lowest BCUT2D eigenvalue weighted by Gasteiger charge is -2.42. The zero-order chi connectivity index (χ0) is 23.4. The van der Waals surface area contributed by atoms with Crippen molar-refractivity contribution in [2.75, 3.05) is 7.11 Å². The number of esters is 3. The second-order valence-electron chi connectivity index (χ2n) is 6.57. The summed E-state index contributed by atoms with van der Waals surface area (Å²) in [6.07, 6.45) is 0. The molecule has 0 saturated carbocycles. The highest BCUT2D eigenvalue weighted by Gasteiger charge is 2.41. The van der Waals surface area contributed by atoms with Crippen molar-refractivity contribution < 1.29 is 33.4 Å². The van der Waals surface area contributed by atoms with Gasteiger partial charge in [-0.3, -0.25) is 4.79 Å². The maximum Gasteiger partial charge on any atom is 0.337 e. The lowest BCUT2D eigenvalue weighted by Crippen LogP contribution is -2.61. The van der Waals surface area contributed by atoms with Crippen molar-refractivity contribution in [1.29, 1.82) is 0 Å². The SMILES string of the molecule is [B]C([B])(OC(=O)c1ccc(C(C)=O)cc1)C([B])([B])OC(=O)c1ccc(C(=O)OC)cc1. The molecule has 31 heavy (non-hydrogen) atoms. The minimum Gasteiger partial charge on any atom is -0.474 e. The Hall–Kier alpha value is -3.22. The first-order valence-electron chi connectivity index (χ1n) is 8.79. The van der Waals surface area contributed by atoms with Crippen molar-refractivity contribution in [2.24, 2.45) is 0 Å². The Labute approximate surface area is 184 Å². The van der Waals surface area contributed by atoms with Gasteiger partial charge in [0.1, 0.15) is 31.4 Å². The zero-order valence-corrected chi connectivity index (χ0v) is 16.8. The number of ether oxygens (including phenoxy) is 3. The number of hydrogen-bond donors (Lipinski definition) is 0. The van der Waals surface area contributed by atoms with Gasteiger partial charge >= 0.3 is 17.9 Å². The first-order valence-corrected chi connectivity index (χ1v) is 8.79. The number of carbonyl (C=O) groups excluding carboxylic acids is 4. The van der Waals surface area contributed by atoms with E-state index in [1.54, 1.807) is 0 Å². The fourth-order valence-electron chi connectivity index (χ4n) is 2.29. The third kappa shape index (κ3) is 5.69. The largest absolute Gasteiger partial charge is 0.474 e. The molecule has 0 fully saturated rings. The third-order valence-electron chi connectivity index (χ3n) is 4.20. The number of hydrogen-bond acceptors (Lipinski definition) is 7. The normalized spacial score (nSPS) is 11.3. The Morgan fingerprint density at radius 1 is 0.613 bits per heavy atom. The van der Waals surface area contributed by atoms with E-state index in [0.717, 1.165) is 0 Å². The lowest BCUT2D eigenvalue weighted by molar-refractivity contribution is -0.0151. The molecule has 7 nitrogen and oxygen atoms in total. The molecule has 0 aliphatic rings. The molecule has 2 aromatic carbocycles. The van der Waals surface area contributed by atoms with Crippen LogP contribution in [0.25, 0.3) is 0 Å². The van der Waals surface area contributed by atoms with E-state index in [4.69, 9.17) is 40.9 Å². The maximum absolute atomic E-state index is 12.3. The molecule has 0 unspecified atom stereocenters. The summed E-state index contributed by atoms with van der Waals surface area (Å²) in [6, 6.07) is 10.6. The molecule has 2 aromatic rings. The third-order valence-corrected chi connectivity index (χ3v) is 4.20. The van der Waals surface area contributed by atoms with Gasteiger partial charge in [-0.15, -0.1) is 0 Å². The number of methoxy groups -OCH3 is 1. The molecular weight excluding hydrogens is 395 g/mol. The summed E-state index contributed by atoms with van der Waals surface area (Å²) in [6.45, 7) is 1.37. The highest BCUT2D eigenvalue weighted by atomic mass is 16.6. The van der Waals surface area contributed by atoms with E-state index in [0.29, 0.717) is 5.56 Å². The van der Waals surface area contributed by atoms with Crippen molar-refractivity contribution in [2.45, 2.75) is 17.7 Å². The first-order chi connectivity index (χ1) is 14.4. The van der Waals surface area contributed by atoms with Crippen LogP contribution in [0.15, 0.2) is 48.5 Å². The fraction of sp³-hybridized carbons (Fsp3) is 0.200. The van der Waals surface area contributed by atoms with E-state index < -0.39 is 28.7 Å². The van der Waals surface area contributed by atoms with Crippen molar-refractivity contribution >= 4 is 55.1 Å². The molecule has 0 heterocycles. The predicted octanol–water partition coefficient (Wildman–Crippen LogP) is 0.671. The van der Waals surface area contributed by atoms with Crippen LogP contribution in [0.2, 0.25) is 0 Å². The summed E-state index contributed by atoms with van der Waals surface area (Å²) in [5, 5.41) is -5.25. The molecule has 0 aromatic heterocycles. The van der Waals surface area contributed by atoms with Gasteiger partial charge < -0.3 is 14.2 Å². The Kier molecular flexibility index (Phi) is 7.20.